The van der Waals surface area contributed by atoms with Crippen LogP contribution in [0.3, 0.4) is 0 Å². The minimum Gasteiger partial charge on any atom is -0.337 e. The quantitative estimate of drug-likeness (QED) is 0.854. The maximum atomic E-state index is 12.8. The van der Waals surface area contributed by atoms with Gasteiger partial charge >= 0.3 is 0 Å². The van der Waals surface area contributed by atoms with Crippen LogP contribution in [0.4, 0.5) is 5.69 Å². The van der Waals surface area contributed by atoms with E-state index >= 15 is 0 Å². The number of piperidine rings is 1. The minimum absolute atomic E-state index is 0.0891. The van der Waals surface area contributed by atoms with Crippen molar-refractivity contribution >= 4 is 17.5 Å². The van der Waals surface area contributed by atoms with Crippen LogP contribution in [0.1, 0.15) is 66.9 Å². The molecule has 2 heterocycles. The Bertz CT molecular complexity index is 870. The van der Waals surface area contributed by atoms with Crippen molar-refractivity contribution in [2.24, 2.45) is 5.92 Å². The Morgan fingerprint density at radius 3 is 2.64 bits per heavy atom. The Hall–Kier alpha value is -2.69. The van der Waals surface area contributed by atoms with Crippen LogP contribution >= 0.6 is 0 Å². The van der Waals surface area contributed by atoms with Gasteiger partial charge in [0.15, 0.2) is 0 Å². The summed E-state index contributed by atoms with van der Waals surface area (Å²) in [5.74, 6) is 0.162. The fourth-order valence-corrected chi connectivity index (χ4v) is 3.67. The zero-order valence-corrected chi connectivity index (χ0v) is 17.2. The summed E-state index contributed by atoms with van der Waals surface area (Å²) in [4.78, 5) is 31.7. The molecule has 2 amide bonds. The third-order valence-corrected chi connectivity index (χ3v) is 5.17. The number of carbonyl (C=O) groups excluding carboxylic acids is 2. The second-order valence-corrected chi connectivity index (χ2v) is 8.68. The molecule has 0 spiro atoms. The van der Waals surface area contributed by atoms with Gasteiger partial charge in [-0.05, 0) is 47.9 Å². The highest BCUT2D eigenvalue weighted by Gasteiger charge is 2.24. The lowest BCUT2D eigenvalue weighted by atomic mass is 9.86. The summed E-state index contributed by atoms with van der Waals surface area (Å²) in [5, 5.41) is 2.99. The van der Waals surface area contributed by atoms with Gasteiger partial charge in [0.2, 0.25) is 0 Å². The lowest BCUT2D eigenvalue weighted by Crippen LogP contribution is -2.39. The zero-order valence-electron chi connectivity index (χ0n) is 17.2. The Morgan fingerprint density at radius 1 is 1.18 bits per heavy atom. The Morgan fingerprint density at radius 2 is 1.93 bits per heavy atom. The lowest BCUT2D eigenvalue weighted by Gasteiger charge is -2.30. The van der Waals surface area contributed by atoms with Gasteiger partial charge in [0.1, 0.15) is 5.69 Å². The van der Waals surface area contributed by atoms with Crippen molar-refractivity contribution in [3.05, 3.63) is 59.4 Å². The van der Waals surface area contributed by atoms with E-state index in [0.29, 0.717) is 17.2 Å². The van der Waals surface area contributed by atoms with Crippen LogP contribution in [0.15, 0.2) is 42.6 Å². The third-order valence-electron chi connectivity index (χ3n) is 5.17. The Balaban J connectivity index is 1.79. The summed E-state index contributed by atoms with van der Waals surface area (Å²) in [6, 6.07) is 11.0. The van der Waals surface area contributed by atoms with E-state index in [-0.39, 0.29) is 17.2 Å². The van der Waals surface area contributed by atoms with Gasteiger partial charge in [-0.3, -0.25) is 14.6 Å². The minimum atomic E-state index is -0.236. The van der Waals surface area contributed by atoms with Crippen LogP contribution in [0, 0.1) is 5.92 Å². The van der Waals surface area contributed by atoms with Crippen LogP contribution in [0.25, 0.3) is 0 Å². The highest BCUT2D eigenvalue weighted by Crippen LogP contribution is 2.29. The summed E-state index contributed by atoms with van der Waals surface area (Å²) in [6.07, 6.45) is 3.69. The van der Waals surface area contributed by atoms with Crippen molar-refractivity contribution in [2.75, 3.05) is 18.4 Å². The topological polar surface area (TPSA) is 62.3 Å². The number of nitrogens with zero attached hydrogens (tertiary/aromatic N) is 2. The van der Waals surface area contributed by atoms with Crippen molar-refractivity contribution in [3.63, 3.8) is 0 Å². The molecule has 1 aliphatic rings. The number of anilines is 1. The molecule has 0 saturated carbocycles. The first-order valence-electron chi connectivity index (χ1n) is 9.92. The summed E-state index contributed by atoms with van der Waals surface area (Å²) in [6.45, 7) is 9.99. The number of hydrogen-bond donors (Lipinski definition) is 1. The fourth-order valence-electron chi connectivity index (χ4n) is 3.67. The van der Waals surface area contributed by atoms with Crippen LogP contribution in [-0.2, 0) is 5.41 Å². The summed E-state index contributed by atoms with van der Waals surface area (Å²) < 4.78 is 0. The summed E-state index contributed by atoms with van der Waals surface area (Å²) >= 11 is 0. The average Bonchev–Trinajstić information content (AvgIpc) is 2.67. The molecule has 0 aliphatic carbocycles. The van der Waals surface area contributed by atoms with E-state index in [2.05, 4.69) is 38.0 Å². The van der Waals surface area contributed by atoms with Crippen LogP contribution in [0.5, 0.6) is 0 Å². The average molecular weight is 380 g/mol. The number of aromatic nitrogens is 1. The van der Waals surface area contributed by atoms with Crippen molar-refractivity contribution in [3.8, 4) is 0 Å². The predicted octanol–water partition coefficient (Wildman–Crippen LogP) is 4.50. The number of rotatable bonds is 3. The number of hydrogen-bond acceptors (Lipinski definition) is 3. The first-order valence-corrected chi connectivity index (χ1v) is 9.92. The number of likely N-dealkylation sites (tertiary alicyclic amines) is 1. The van der Waals surface area contributed by atoms with Gasteiger partial charge in [0.05, 0.1) is 0 Å². The van der Waals surface area contributed by atoms with E-state index < -0.39 is 0 Å². The highest BCUT2D eigenvalue weighted by molar-refractivity contribution is 6.06. The second-order valence-electron chi connectivity index (χ2n) is 8.68. The molecule has 1 aliphatic heterocycles. The Kier molecular flexibility index (Phi) is 5.82. The molecule has 1 fully saturated rings. The molecule has 5 nitrogen and oxygen atoms in total. The molecule has 1 N–H and O–H groups in total. The molecule has 3 rings (SSSR count). The normalized spacial score (nSPS) is 17.3. The number of nitrogens with one attached hydrogen (secondary N) is 1. The monoisotopic (exact) mass is 379 g/mol. The molecule has 28 heavy (non-hydrogen) atoms. The van der Waals surface area contributed by atoms with Gasteiger partial charge < -0.3 is 10.2 Å². The van der Waals surface area contributed by atoms with Gasteiger partial charge in [-0.2, -0.15) is 0 Å². The van der Waals surface area contributed by atoms with E-state index in [1.807, 2.05) is 29.2 Å². The Labute approximate surface area is 167 Å². The number of carbonyl (C=O) groups is 2. The molecule has 0 radical (unpaired) electrons. The third kappa shape index (κ3) is 4.58. The predicted molar refractivity (Wildman–Crippen MR) is 112 cm³/mol. The first-order chi connectivity index (χ1) is 13.3. The highest BCUT2D eigenvalue weighted by atomic mass is 16.2. The molecule has 1 saturated heterocycles. The largest absolute Gasteiger partial charge is 0.337 e. The summed E-state index contributed by atoms with van der Waals surface area (Å²) in [5.41, 5.74) is 2.53. The van der Waals surface area contributed by atoms with Gasteiger partial charge in [-0.1, -0.05) is 45.9 Å². The van der Waals surface area contributed by atoms with Crippen molar-refractivity contribution < 1.29 is 9.59 Å². The molecule has 2 aromatic rings. The van der Waals surface area contributed by atoms with Gasteiger partial charge in [0.25, 0.3) is 11.8 Å². The van der Waals surface area contributed by atoms with Crippen molar-refractivity contribution in [2.45, 2.75) is 46.0 Å². The smallest absolute Gasteiger partial charge is 0.272 e. The summed E-state index contributed by atoms with van der Waals surface area (Å²) in [7, 11) is 0. The first kappa shape index (κ1) is 20.1. The zero-order chi connectivity index (χ0) is 20.3. The van der Waals surface area contributed by atoms with E-state index in [4.69, 9.17) is 0 Å². The molecule has 1 aromatic carbocycles. The van der Waals surface area contributed by atoms with E-state index in [9.17, 15) is 9.59 Å². The maximum Gasteiger partial charge on any atom is 0.272 e. The lowest BCUT2D eigenvalue weighted by molar-refractivity contribution is 0.0677. The number of pyridine rings is 1. The molecule has 1 aromatic heterocycles. The van der Waals surface area contributed by atoms with Crippen LogP contribution < -0.4 is 5.32 Å². The standard InChI is InChI=1S/C23H29N3O2/c1-16-8-7-13-26(15-16)22(28)20-14-17(11-12-24-20)21(27)25-19-10-6-5-9-18(19)23(2,3)4/h5-6,9-12,14,16H,7-8,13,15H2,1-4H3,(H,25,27). The van der Waals surface area contributed by atoms with Crippen LogP contribution in [0.2, 0.25) is 0 Å². The number of benzene rings is 1. The molecule has 0 bridgehead atoms. The van der Waals surface area contributed by atoms with Gasteiger partial charge in [0, 0.05) is 30.5 Å². The molecular weight excluding hydrogens is 350 g/mol. The maximum absolute atomic E-state index is 12.8. The SMILES string of the molecule is CC1CCCN(C(=O)c2cc(C(=O)Nc3ccccc3C(C)(C)C)ccn2)C1. The molecule has 1 atom stereocenters. The molecule has 5 heteroatoms. The van der Waals surface area contributed by atoms with E-state index in [1.165, 1.54) is 6.20 Å². The molecule has 1 unspecified atom stereocenters. The van der Waals surface area contributed by atoms with Crippen molar-refractivity contribution in [1.29, 1.82) is 0 Å². The second kappa shape index (κ2) is 8.13. The molecular formula is C23H29N3O2. The fraction of sp³-hybridized carbons (Fsp3) is 0.435. The number of para-hydroxylation sites is 1. The van der Waals surface area contributed by atoms with Gasteiger partial charge in [-0.25, -0.2) is 0 Å². The van der Waals surface area contributed by atoms with E-state index in [0.717, 1.165) is 37.2 Å². The van der Waals surface area contributed by atoms with Gasteiger partial charge in [-0.15, -0.1) is 0 Å². The number of amides is 2. The van der Waals surface area contributed by atoms with Crippen molar-refractivity contribution in [1.82, 2.24) is 9.88 Å². The van der Waals surface area contributed by atoms with Crippen LogP contribution in [-0.4, -0.2) is 34.8 Å². The van der Waals surface area contributed by atoms with E-state index in [1.54, 1.807) is 12.1 Å². The molecule has 148 valence electrons.